The molecule has 0 aliphatic rings. The van der Waals surface area contributed by atoms with Crippen molar-refractivity contribution in [1.29, 1.82) is 5.26 Å². The topological polar surface area (TPSA) is 78.7 Å². The van der Waals surface area contributed by atoms with Crippen molar-refractivity contribution in [1.82, 2.24) is 10.2 Å². The molecule has 1 aromatic carbocycles. The highest BCUT2D eigenvalue weighted by atomic mass is 32.2. The van der Waals surface area contributed by atoms with Crippen molar-refractivity contribution in [3.8, 4) is 6.07 Å². The Kier molecular flexibility index (Phi) is 4.71. The number of aryl methyl sites for hydroxylation is 1. The van der Waals surface area contributed by atoms with Crippen molar-refractivity contribution in [3.05, 3.63) is 34.8 Å². The van der Waals surface area contributed by atoms with Gasteiger partial charge in [-0.25, -0.2) is 0 Å². The van der Waals surface area contributed by atoms with Crippen LogP contribution >= 0.6 is 23.1 Å². The first-order valence-electron chi connectivity index (χ1n) is 5.87. The lowest BCUT2D eigenvalue weighted by Gasteiger charge is -2.11. The van der Waals surface area contributed by atoms with E-state index in [1.807, 2.05) is 6.92 Å². The third-order valence-corrected chi connectivity index (χ3v) is 4.48. The third kappa shape index (κ3) is 3.56. The maximum absolute atomic E-state index is 12.1. The predicted molar refractivity (Wildman–Crippen MR) is 79.8 cm³/mol. The number of aromatic nitrogens is 2. The number of carbonyl (C=O) groups excluding carboxylic acids is 1. The summed E-state index contributed by atoms with van der Waals surface area (Å²) in [6.07, 6.45) is 0. The number of para-hydroxylation sites is 1. The highest BCUT2D eigenvalue weighted by molar-refractivity contribution is 8.02. The molecule has 0 aliphatic carbocycles. The molecule has 0 radical (unpaired) electrons. The highest BCUT2D eigenvalue weighted by Gasteiger charge is 2.17. The molecular weight excluding hydrogens is 292 g/mol. The first kappa shape index (κ1) is 14.5. The molecule has 0 spiro atoms. The molecule has 7 heteroatoms. The van der Waals surface area contributed by atoms with E-state index in [2.05, 4.69) is 21.6 Å². The van der Waals surface area contributed by atoms with Crippen molar-refractivity contribution in [2.75, 3.05) is 5.32 Å². The SMILES string of the molecule is Cc1nnc(S[C@@H](C)C(=O)Nc2ccccc2C#N)s1. The van der Waals surface area contributed by atoms with Crippen LogP contribution in [0.2, 0.25) is 0 Å². The zero-order valence-corrected chi connectivity index (χ0v) is 12.6. The van der Waals surface area contributed by atoms with Gasteiger partial charge in [0.1, 0.15) is 11.1 Å². The second-order valence-electron chi connectivity index (χ2n) is 3.99. The Morgan fingerprint density at radius 1 is 1.45 bits per heavy atom. The fourth-order valence-corrected chi connectivity index (χ4v) is 3.41. The molecule has 0 bridgehead atoms. The molecule has 0 aliphatic heterocycles. The molecule has 0 fully saturated rings. The van der Waals surface area contributed by atoms with E-state index in [1.165, 1.54) is 23.1 Å². The summed E-state index contributed by atoms with van der Waals surface area (Å²) >= 11 is 2.81. The number of anilines is 1. The summed E-state index contributed by atoms with van der Waals surface area (Å²) in [5.74, 6) is -0.162. The third-order valence-electron chi connectivity index (χ3n) is 2.46. The molecule has 0 saturated carbocycles. The van der Waals surface area contributed by atoms with Gasteiger partial charge in [0.25, 0.3) is 0 Å². The van der Waals surface area contributed by atoms with Crippen LogP contribution in [0.25, 0.3) is 0 Å². The number of nitrogens with one attached hydrogen (secondary N) is 1. The molecule has 1 atom stereocenters. The minimum Gasteiger partial charge on any atom is -0.324 e. The summed E-state index contributed by atoms with van der Waals surface area (Å²) in [6, 6.07) is 8.97. The zero-order chi connectivity index (χ0) is 14.5. The number of carbonyl (C=O) groups is 1. The van der Waals surface area contributed by atoms with Gasteiger partial charge in [0.15, 0.2) is 4.34 Å². The van der Waals surface area contributed by atoms with Gasteiger partial charge in [0.05, 0.1) is 16.5 Å². The Hall–Kier alpha value is -1.91. The van der Waals surface area contributed by atoms with Crippen LogP contribution in [0.15, 0.2) is 28.6 Å². The van der Waals surface area contributed by atoms with Gasteiger partial charge in [-0.15, -0.1) is 10.2 Å². The van der Waals surface area contributed by atoms with Crippen molar-refractivity contribution in [3.63, 3.8) is 0 Å². The van der Waals surface area contributed by atoms with Crippen molar-refractivity contribution < 1.29 is 4.79 Å². The fraction of sp³-hybridized carbons (Fsp3) is 0.231. The average Bonchev–Trinajstić information content (AvgIpc) is 2.84. The van der Waals surface area contributed by atoms with Gasteiger partial charge in [-0.05, 0) is 26.0 Å². The number of amides is 1. The smallest absolute Gasteiger partial charge is 0.237 e. The van der Waals surface area contributed by atoms with Gasteiger partial charge < -0.3 is 5.32 Å². The summed E-state index contributed by atoms with van der Waals surface area (Å²) < 4.78 is 0.763. The summed E-state index contributed by atoms with van der Waals surface area (Å²) in [6.45, 7) is 3.67. The fourth-order valence-electron chi connectivity index (χ4n) is 1.45. The number of benzene rings is 1. The molecule has 1 heterocycles. The summed E-state index contributed by atoms with van der Waals surface area (Å²) in [7, 11) is 0. The molecule has 1 amide bonds. The minimum absolute atomic E-state index is 0.162. The van der Waals surface area contributed by atoms with Crippen LogP contribution in [0.3, 0.4) is 0 Å². The maximum atomic E-state index is 12.1. The lowest BCUT2D eigenvalue weighted by atomic mass is 10.2. The first-order valence-corrected chi connectivity index (χ1v) is 7.56. The Bertz CT molecular complexity index is 662. The molecular formula is C13H12N4OS2. The van der Waals surface area contributed by atoms with Crippen LogP contribution in [0, 0.1) is 18.3 Å². The van der Waals surface area contributed by atoms with Gasteiger partial charge in [0.2, 0.25) is 5.91 Å². The number of hydrogen-bond donors (Lipinski definition) is 1. The zero-order valence-electron chi connectivity index (χ0n) is 11.0. The molecule has 5 nitrogen and oxygen atoms in total. The Morgan fingerprint density at radius 2 is 2.20 bits per heavy atom. The Morgan fingerprint density at radius 3 is 2.85 bits per heavy atom. The van der Waals surface area contributed by atoms with E-state index in [1.54, 1.807) is 31.2 Å². The minimum atomic E-state index is -0.311. The van der Waals surface area contributed by atoms with Gasteiger partial charge in [-0.2, -0.15) is 5.26 Å². The number of hydrogen-bond acceptors (Lipinski definition) is 6. The standard InChI is InChI=1S/C13H12N4OS2/c1-8(19-13-17-16-9(2)20-13)12(18)15-11-6-4-3-5-10(11)7-14/h3-6,8H,1-2H3,(H,15,18)/t8-/m0/s1. The summed E-state index contributed by atoms with van der Waals surface area (Å²) in [5, 5.41) is 20.2. The van der Waals surface area contributed by atoms with E-state index >= 15 is 0 Å². The van der Waals surface area contributed by atoms with Crippen molar-refractivity contribution in [2.45, 2.75) is 23.4 Å². The van der Waals surface area contributed by atoms with Crippen LogP contribution in [0.5, 0.6) is 0 Å². The van der Waals surface area contributed by atoms with Crippen LogP contribution in [0.4, 0.5) is 5.69 Å². The quantitative estimate of drug-likeness (QED) is 0.879. The van der Waals surface area contributed by atoms with Gasteiger partial charge in [-0.1, -0.05) is 35.2 Å². The number of thioether (sulfide) groups is 1. The molecule has 0 saturated heterocycles. The van der Waals surface area contributed by atoms with Crippen LogP contribution in [-0.4, -0.2) is 21.4 Å². The van der Waals surface area contributed by atoms with Crippen molar-refractivity contribution in [2.24, 2.45) is 0 Å². The molecule has 0 unspecified atom stereocenters. The molecule has 1 N–H and O–H groups in total. The van der Waals surface area contributed by atoms with E-state index in [4.69, 9.17) is 5.26 Å². The first-order chi connectivity index (χ1) is 9.60. The van der Waals surface area contributed by atoms with Gasteiger partial charge >= 0.3 is 0 Å². The number of rotatable bonds is 4. The second-order valence-corrected chi connectivity index (χ2v) is 6.76. The average molecular weight is 304 g/mol. The van der Waals surface area contributed by atoms with E-state index < -0.39 is 0 Å². The van der Waals surface area contributed by atoms with E-state index in [0.29, 0.717) is 11.3 Å². The summed E-state index contributed by atoms with van der Waals surface area (Å²) in [5.41, 5.74) is 0.978. The molecule has 20 heavy (non-hydrogen) atoms. The molecule has 102 valence electrons. The predicted octanol–water partition coefficient (Wildman–Crippen LogP) is 2.84. The Balaban J connectivity index is 2.02. The lowest BCUT2D eigenvalue weighted by Crippen LogP contribution is -2.22. The number of nitriles is 1. The van der Waals surface area contributed by atoms with E-state index in [-0.39, 0.29) is 11.2 Å². The van der Waals surface area contributed by atoms with E-state index in [0.717, 1.165) is 9.35 Å². The van der Waals surface area contributed by atoms with Crippen LogP contribution in [0.1, 0.15) is 17.5 Å². The van der Waals surface area contributed by atoms with Gasteiger partial charge in [-0.3, -0.25) is 4.79 Å². The highest BCUT2D eigenvalue weighted by Crippen LogP contribution is 2.27. The van der Waals surface area contributed by atoms with Crippen LogP contribution in [-0.2, 0) is 4.79 Å². The van der Waals surface area contributed by atoms with Crippen molar-refractivity contribution >= 4 is 34.7 Å². The van der Waals surface area contributed by atoms with Gasteiger partial charge in [0, 0.05) is 0 Å². The maximum Gasteiger partial charge on any atom is 0.237 e. The Labute approximate surface area is 125 Å². The normalized spacial score (nSPS) is 11.7. The monoisotopic (exact) mass is 304 g/mol. The summed E-state index contributed by atoms with van der Waals surface area (Å²) in [4.78, 5) is 12.1. The van der Waals surface area contributed by atoms with Crippen LogP contribution < -0.4 is 5.32 Å². The van der Waals surface area contributed by atoms with E-state index in [9.17, 15) is 4.79 Å². The molecule has 2 rings (SSSR count). The number of nitrogens with zero attached hydrogens (tertiary/aromatic N) is 3. The largest absolute Gasteiger partial charge is 0.324 e. The second kappa shape index (κ2) is 6.50. The molecule has 1 aromatic heterocycles. The lowest BCUT2D eigenvalue weighted by molar-refractivity contribution is -0.115. The molecule has 2 aromatic rings.